The van der Waals surface area contributed by atoms with E-state index in [2.05, 4.69) is 89.9 Å². The predicted molar refractivity (Wildman–Crippen MR) is 105 cm³/mol. The summed E-state index contributed by atoms with van der Waals surface area (Å²) < 4.78 is 0.260. The molecular weight excluding hydrogens is 419 g/mol. The van der Waals surface area contributed by atoms with E-state index in [-0.39, 0.29) is 56.3 Å². The standard InChI is InChI=1S/C20H31SSi.2ClH.Ti/c1-8-21-20(22(6,7)17-11-9-10-12-17)14-13-16(2)15-18(20)19(3,4)5;;;/h9,11,13,15H,8,10,14H2,1-7H3;2*1H;/q-1;;;+3/p-2. The first-order valence-electron chi connectivity index (χ1n) is 8.46. The minimum Gasteiger partial charge on any atom is -1.00 e. The molecule has 0 amide bonds. The quantitative estimate of drug-likeness (QED) is 0.438. The van der Waals surface area contributed by atoms with Gasteiger partial charge in [0.15, 0.2) is 0 Å². The predicted octanol–water partition coefficient (Wildman–Crippen LogP) is 0.283. The van der Waals surface area contributed by atoms with Crippen molar-refractivity contribution in [1.82, 2.24) is 0 Å². The summed E-state index contributed by atoms with van der Waals surface area (Å²) in [7, 11) is -1.67. The number of halogens is 2. The summed E-state index contributed by atoms with van der Waals surface area (Å²) in [6, 6.07) is 0. The second-order valence-corrected chi connectivity index (χ2v) is 14.6. The van der Waals surface area contributed by atoms with E-state index < -0.39 is 8.07 Å². The Balaban J connectivity index is 0. The van der Waals surface area contributed by atoms with Crippen LogP contribution in [-0.4, -0.2) is 18.2 Å². The summed E-state index contributed by atoms with van der Waals surface area (Å²) in [6.07, 6.45) is 15.4. The zero-order chi connectivity index (χ0) is 16.6. The monoisotopic (exact) mass is 449 g/mol. The number of hydrogen-bond acceptors (Lipinski definition) is 1. The minimum atomic E-state index is -1.67. The van der Waals surface area contributed by atoms with Crippen molar-refractivity contribution in [3.8, 4) is 0 Å². The molecule has 2 aliphatic carbocycles. The maximum atomic E-state index is 3.67. The largest absolute Gasteiger partial charge is 3.00 e. The van der Waals surface area contributed by atoms with Crippen LogP contribution in [0.25, 0.3) is 0 Å². The van der Waals surface area contributed by atoms with Crippen LogP contribution in [0.5, 0.6) is 0 Å². The van der Waals surface area contributed by atoms with Crippen molar-refractivity contribution in [3.05, 3.63) is 46.7 Å². The fourth-order valence-electron chi connectivity index (χ4n) is 3.85. The van der Waals surface area contributed by atoms with Crippen molar-refractivity contribution in [3.63, 3.8) is 0 Å². The van der Waals surface area contributed by atoms with E-state index in [0.29, 0.717) is 0 Å². The zero-order valence-corrected chi connectivity index (χ0v) is 21.5. The minimum absolute atomic E-state index is 0. The average Bonchev–Trinajstić information content (AvgIpc) is 2.94. The van der Waals surface area contributed by atoms with Crippen LogP contribution in [0.1, 0.15) is 47.5 Å². The normalized spacial score (nSPS) is 22.8. The molecule has 2 aliphatic rings. The Kier molecular flexibility index (Phi) is 11.6. The number of thioether (sulfide) groups is 1. The summed E-state index contributed by atoms with van der Waals surface area (Å²) >= 11 is 2.18. The molecule has 0 N–H and O–H groups in total. The van der Waals surface area contributed by atoms with E-state index in [1.807, 2.05) is 0 Å². The first-order chi connectivity index (χ1) is 10.1. The molecular formula is C20H31Cl2SSiTi. The molecule has 1 unspecified atom stereocenters. The van der Waals surface area contributed by atoms with E-state index in [9.17, 15) is 0 Å². The molecule has 1 radical (unpaired) electrons. The van der Waals surface area contributed by atoms with Crippen LogP contribution in [0.15, 0.2) is 40.6 Å². The van der Waals surface area contributed by atoms with Gasteiger partial charge >= 0.3 is 21.7 Å². The third-order valence-corrected chi connectivity index (χ3v) is 12.4. The smallest absolute Gasteiger partial charge is 1.00 e. The van der Waals surface area contributed by atoms with Crippen LogP contribution in [0.4, 0.5) is 0 Å². The number of allylic oxidation sites excluding steroid dienone is 7. The van der Waals surface area contributed by atoms with Gasteiger partial charge in [-0.15, -0.1) is 6.42 Å². The zero-order valence-electron chi connectivity index (χ0n) is 16.6. The van der Waals surface area contributed by atoms with E-state index in [0.717, 1.165) is 6.42 Å². The van der Waals surface area contributed by atoms with Crippen LogP contribution in [0.3, 0.4) is 0 Å². The van der Waals surface area contributed by atoms with Crippen LogP contribution in [-0.2, 0) is 21.7 Å². The molecule has 139 valence electrons. The topological polar surface area (TPSA) is 0 Å². The van der Waals surface area contributed by atoms with Crippen LogP contribution in [0, 0.1) is 11.5 Å². The summed E-state index contributed by atoms with van der Waals surface area (Å²) in [5, 5.41) is 1.52. The molecule has 0 aromatic carbocycles. The SMILES string of the molecule is CCSC1([Si](C)(C)C2=[C-]CC=C2)CC=C(C)C=C1C(C)(C)C.[Cl-].[Cl-].[Ti+3]. The molecule has 0 saturated carbocycles. The Bertz CT molecular complexity index is 571. The Labute approximate surface area is 188 Å². The van der Waals surface area contributed by atoms with Gasteiger partial charge in [0.25, 0.3) is 0 Å². The molecule has 25 heavy (non-hydrogen) atoms. The van der Waals surface area contributed by atoms with Gasteiger partial charge in [0.05, 0.1) is 8.07 Å². The van der Waals surface area contributed by atoms with Crippen LogP contribution in [0.2, 0.25) is 13.1 Å². The van der Waals surface area contributed by atoms with Crippen molar-refractivity contribution >= 4 is 19.8 Å². The van der Waals surface area contributed by atoms with Gasteiger partial charge in [0.1, 0.15) is 0 Å². The molecule has 0 aliphatic heterocycles. The van der Waals surface area contributed by atoms with Crippen molar-refractivity contribution in [2.24, 2.45) is 5.41 Å². The van der Waals surface area contributed by atoms with E-state index >= 15 is 0 Å². The van der Waals surface area contributed by atoms with Crippen molar-refractivity contribution < 1.29 is 46.5 Å². The first kappa shape index (κ1) is 28.0. The van der Waals surface area contributed by atoms with Gasteiger partial charge in [0.2, 0.25) is 0 Å². The third kappa shape index (κ3) is 5.42. The number of hydrogen-bond donors (Lipinski definition) is 0. The maximum absolute atomic E-state index is 3.67. The molecule has 0 saturated heterocycles. The Morgan fingerprint density at radius 3 is 2.28 bits per heavy atom. The van der Waals surface area contributed by atoms with Gasteiger partial charge in [-0.1, -0.05) is 64.1 Å². The van der Waals surface area contributed by atoms with Gasteiger partial charge in [-0.3, -0.25) is 6.08 Å². The molecule has 2 rings (SSSR count). The Morgan fingerprint density at radius 2 is 1.84 bits per heavy atom. The molecule has 1 atom stereocenters. The summed E-state index contributed by atoms with van der Waals surface area (Å²) in [5.41, 5.74) is 3.30. The summed E-state index contributed by atoms with van der Waals surface area (Å²) in [4.78, 5) is 0. The van der Waals surface area contributed by atoms with Gasteiger partial charge in [-0.05, 0) is 24.5 Å². The van der Waals surface area contributed by atoms with E-state index in [1.165, 1.54) is 22.9 Å². The average molecular weight is 450 g/mol. The Hall–Kier alpha value is 0.821. The fourth-order valence-corrected chi connectivity index (χ4v) is 10.5. The van der Waals surface area contributed by atoms with Crippen molar-refractivity contribution in [1.29, 1.82) is 0 Å². The molecule has 5 heteroatoms. The number of rotatable bonds is 4. The third-order valence-electron chi connectivity index (χ3n) is 5.10. The Morgan fingerprint density at radius 1 is 1.24 bits per heavy atom. The summed E-state index contributed by atoms with van der Waals surface area (Å²) in [6.45, 7) is 16.8. The van der Waals surface area contributed by atoms with Gasteiger partial charge in [-0.2, -0.15) is 17.8 Å². The molecule has 0 bridgehead atoms. The van der Waals surface area contributed by atoms with Crippen molar-refractivity contribution in [2.75, 3.05) is 5.75 Å². The second-order valence-electron chi connectivity index (χ2n) is 8.04. The van der Waals surface area contributed by atoms with Gasteiger partial charge in [-0.25, -0.2) is 11.3 Å². The second kappa shape index (κ2) is 10.4. The van der Waals surface area contributed by atoms with Gasteiger partial charge in [0, 0.05) is 4.37 Å². The fraction of sp³-hybridized carbons (Fsp3) is 0.600. The molecule has 0 spiro atoms. The molecule has 0 nitrogen and oxygen atoms in total. The van der Waals surface area contributed by atoms with Crippen LogP contribution >= 0.6 is 11.8 Å². The van der Waals surface area contributed by atoms with E-state index in [1.54, 1.807) is 5.57 Å². The van der Waals surface area contributed by atoms with Crippen molar-refractivity contribution in [2.45, 2.75) is 64.9 Å². The molecule has 0 aromatic rings. The van der Waals surface area contributed by atoms with Gasteiger partial charge < -0.3 is 24.8 Å². The first-order valence-corrected chi connectivity index (χ1v) is 12.4. The molecule has 0 aromatic heterocycles. The molecule has 0 heterocycles. The molecule has 0 fully saturated rings. The summed E-state index contributed by atoms with van der Waals surface area (Å²) in [5.74, 6) is 1.17. The van der Waals surface area contributed by atoms with Crippen LogP contribution < -0.4 is 24.8 Å². The maximum Gasteiger partial charge on any atom is 3.00 e. The van der Waals surface area contributed by atoms with E-state index in [4.69, 9.17) is 0 Å².